The fourth-order valence-electron chi connectivity index (χ4n) is 1.19. The Bertz CT molecular complexity index is 385. The van der Waals surface area contributed by atoms with Gasteiger partial charge in [-0.1, -0.05) is 0 Å². The van der Waals surface area contributed by atoms with Crippen molar-refractivity contribution < 1.29 is 18.0 Å². The van der Waals surface area contributed by atoms with Gasteiger partial charge in [0.05, 0.1) is 0 Å². The summed E-state index contributed by atoms with van der Waals surface area (Å²) in [5.41, 5.74) is 1.08. The molecule has 0 saturated carbocycles. The van der Waals surface area contributed by atoms with E-state index in [2.05, 4.69) is 0 Å². The first kappa shape index (κ1) is 13.3. The SMILES string of the molecule is CN(C)c1ccc(C(=O)NCC(F)(F)F)cc1. The zero-order valence-electron chi connectivity index (χ0n) is 9.51. The Morgan fingerprint density at radius 2 is 1.76 bits per heavy atom. The second-order valence-electron chi connectivity index (χ2n) is 3.74. The summed E-state index contributed by atoms with van der Waals surface area (Å²) in [7, 11) is 3.66. The summed E-state index contributed by atoms with van der Waals surface area (Å²) in [5, 5.41) is 1.81. The highest BCUT2D eigenvalue weighted by molar-refractivity contribution is 5.94. The van der Waals surface area contributed by atoms with E-state index in [1.54, 1.807) is 12.1 Å². The van der Waals surface area contributed by atoms with Gasteiger partial charge in [-0.25, -0.2) is 0 Å². The Kier molecular flexibility index (Phi) is 3.98. The number of halogens is 3. The molecule has 17 heavy (non-hydrogen) atoms. The van der Waals surface area contributed by atoms with Crippen LogP contribution in [-0.4, -0.2) is 32.7 Å². The van der Waals surface area contributed by atoms with E-state index in [9.17, 15) is 18.0 Å². The van der Waals surface area contributed by atoms with Crippen molar-refractivity contribution in [3.63, 3.8) is 0 Å². The number of anilines is 1. The van der Waals surface area contributed by atoms with Crippen molar-refractivity contribution in [1.82, 2.24) is 5.32 Å². The lowest BCUT2D eigenvalue weighted by Gasteiger charge is -2.13. The van der Waals surface area contributed by atoms with Gasteiger partial charge in [0.15, 0.2) is 0 Å². The molecule has 0 bridgehead atoms. The number of carbonyl (C=O) groups is 1. The molecule has 0 aliphatic carbocycles. The van der Waals surface area contributed by atoms with Crippen molar-refractivity contribution in [2.45, 2.75) is 6.18 Å². The minimum atomic E-state index is -4.39. The molecule has 1 aromatic carbocycles. The Morgan fingerprint density at radius 1 is 1.24 bits per heavy atom. The Morgan fingerprint density at radius 3 is 2.18 bits per heavy atom. The van der Waals surface area contributed by atoms with Crippen molar-refractivity contribution in [3.05, 3.63) is 29.8 Å². The van der Waals surface area contributed by atoms with Gasteiger partial charge in [0, 0.05) is 25.3 Å². The van der Waals surface area contributed by atoms with Crippen molar-refractivity contribution >= 4 is 11.6 Å². The molecule has 1 rings (SSSR count). The van der Waals surface area contributed by atoms with Crippen LogP contribution in [0.3, 0.4) is 0 Å². The summed E-state index contributed by atoms with van der Waals surface area (Å²) in [6.07, 6.45) is -4.39. The number of benzene rings is 1. The molecule has 1 N–H and O–H groups in total. The van der Waals surface area contributed by atoms with Crippen LogP contribution in [0.15, 0.2) is 24.3 Å². The molecule has 0 heterocycles. The summed E-state index contributed by atoms with van der Waals surface area (Å²) in [5.74, 6) is -0.729. The molecule has 1 aromatic rings. The van der Waals surface area contributed by atoms with Gasteiger partial charge in [0.2, 0.25) is 0 Å². The molecule has 0 atom stereocenters. The minimum absolute atomic E-state index is 0.208. The highest BCUT2D eigenvalue weighted by Crippen LogP contribution is 2.14. The maximum atomic E-state index is 11.9. The summed E-state index contributed by atoms with van der Waals surface area (Å²) in [6.45, 7) is -1.32. The van der Waals surface area contributed by atoms with Crippen LogP contribution < -0.4 is 10.2 Å². The van der Waals surface area contributed by atoms with Crippen molar-refractivity contribution in [2.24, 2.45) is 0 Å². The molecular weight excluding hydrogens is 233 g/mol. The summed E-state index contributed by atoms with van der Waals surface area (Å²) in [6, 6.07) is 6.31. The number of nitrogens with zero attached hydrogens (tertiary/aromatic N) is 1. The maximum Gasteiger partial charge on any atom is 0.405 e. The minimum Gasteiger partial charge on any atom is -0.378 e. The van der Waals surface area contributed by atoms with E-state index < -0.39 is 18.6 Å². The second kappa shape index (κ2) is 5.07. The van der Waals surface area contributed by atoms with E-state index in [0.29, 0.717) is 0 Å². The number of amides is 1. The van der Waals surface area contributed by atoms with E-state index in [1.165, 1.54) is 12.1 Å². The van der Waals surface area contributed by atoms with Crippen LogP contribution in [0.2, 0.25) is 0 Å². The van der Waals surface area contributed by atoms with Gasteiger partial charge in [0.25, 0.3) is 5.91 Å². The monoisotopic (exact) mass is 246 g/mol. The fraction of sp³-hybridized carbons (Fsp3) is 0.364. The van der Waals surface area contributed by atoms with Gasteiger partial charge in [0.1, 0.15) is 6.54 Å². The van der Waals surface area contributed by atoms with Gasteiger partial charge in [-0.15, -0.1) is 0 Å². The highest BCUT2D eigenvalue weighted by atomic mass is 19.4. The van der Waals surface area contributed by atoms with Crippen LogP contribution in [0.1, 0.15) is 10.4 Å². The van der Waals surface area contributed by atoms with Gasteiger partial charge in [-0.3, -0.25) is 4.79 Å². The number of alkyl halides is 3. The quantitative estimate of drug-likeness (QED) is 0.885. The third-order valence-corrected chi connectivity index (χ3v) is 2.10. The first-order valence-electron chi connectivity index (χ1n) is 4.92. The third-order valence-electron chi connectivity index (χ3n) is 2.10. The molecule has 0 saturated heterocycles. The molecule has 1 amide bonds. The Labute approximate surface area is 97.2 Å². The van der Waals surface area contributed by atoms with Crippen LogP contribution >= 0.6 is 0 Å². The van der Waals surface area contributed by atoms with E-state index in [0.717, 1.165) is 5.69 Å². The van der Waals surface area contributed by atoms with Crippen LogP contribution in [-0.2, 0) is 0 Å². The number of rotatable bonds is 3. The van der Waals surface area contributed by atoms with Crippen molar-refractivity contribution in [2.75, 3.05) is 25.5 Å². The van der Waals surface area contributed by atoms with E-state index in [1.807, 2.05) is 24.3 Å². The Hall–Kier alpha value is -1.72. The van der Waals surface area contributed by atoms with E-state index in [-0.39, 0.29) is 5.56 Å². The molecule has 0 radical (unpaired) electrons. The number of carbonyl (C=O) groups excluding carboxylic acids is 1. The fourth-order valence-corrected chi connectivity index (χ4v) is 1.19. The second-order valence-corrected chi connectivity index (χ2v) is 3.74. The predicted molar refractivity (Wildman–Crippen MR) is 59.2 cm³/mol. The highest BCUT2D eigenvalue weighted by Gasteiger charge is 2.27. The van der Waals surface area contributed by atoms with Crippen LogP contribution in [0.5, 0.6) is 0 Å². The largest absolute Gasteiger partial charge is 0.405 e. The molecule has 94 valence electrons. The van der Waals surface area contributed by atoms with Crippen molar-refractivity contribution in [1.29, 1.82) is 0 Å². The molecule has 0 aliphatic rings. The lowest BCUT2D eigenvalue weighted by molar-refractivity contribution is -0.123. The molecule has 0 aliphatic heterocycles. The summed E-state index contributed by atoms with van der Waals surface area (Å²) < 4.78 is 35.6. The average molecular weight is 246 g/mol. The first-order valence-corrected chi connectivity index (χ1v) is 4.92. The van der Waals surface area contributed by atoms with Gasteiger partial charge in [-0.2, -0.15) is 13.2 Å². The molecule has 0 unspecified atom stereocenters. The zero-order chi connectivity index (χ0) is 13.1. The topological polar surface area (TPSA) is 32.3 Å². The van der Waals surface area contributed by atoms with E-state index >= 15 is 0 Å². The smallest absolute Gasteiger partial charge is 0.378 e. The lowest BCUT2D eigenvalue weighted by Crippen LogP contribution is -2.33. The summed E-state index contributed by atoms with van der Waals surface area (Å²) in [4.78, 5) is 13.2. The lowest BCUT2D eigenvalue weighted by atomic mass is 10.2. The van der Waals surface area contributed by atoms with Gasteiger partial charge < -0.3 is 10.2 Å². The molecule has 0 aromatic heterocycles. The van der Waals surface area contributed by atoms with Crippen LogP contribution in [0, 0.1) is 0 Å². The molecule has 0 spiro atoms. The summed E-state index contributed by atoms with van der Waals surface area (Å²) >= 11 is 0. The molecular formula is C11H13F3N2O. The third kappa shape index (κ3) is 4.34. The zero-order valence-corrected chi connectivity index (χ0v) is 9.51. The standard InChI is InChI=1S/C11H13F3N2O/c1-16(2)9-5-3-8(4-6-9)10(17)15-7-11(12,13)14/h3-6H,7H2,1-2H3,(H,15,17). The maximum absolute atomic E-state index is 11.9. The first-order chi connectivity index (χ1) is 7.79. The molecule has 0 fully saturated rings. The van der Waals surface area contributed by atoms with Crippen LogP contribution in [0.4, 0.5) is 18.9 Å². The average Bonchev–Trinajstić information content (AvgIpc) is 2.25. The molecule has 3 nitrogen and oxygen atoms in total. The predicted octanol–water partition coefficient (Wildman–Crippen LogP) is 2.04. The Balaban J connectivity index is 2.64. The van der Waals surface area contributed by atoms with Crippen LogP contribution in [0.25, 0.3) is 0 Å². The number of hydrogen-bond acceptors (Lipinski definition) is 2. The van der Waals surface area contributed by atoms with E-state index in [4.69, 9.17) is 0 Å². The van der Waals surface area contributed by atoms with Gasteiger partial charge >= 0.3 is 6.18 Å². The van der Waals surface area contributed by atoms with Gasteiger partial charge in [-0.05, 0) is 24.3 Å². The van der Waals surface area contributed by atoms with Crippen molar-refractivity contribution in [3.8, 4) is 0 Å². The molecule has 6 heteroatoms. The number of hydrogen-bond donors (Lipinski definition) is 1. The number of nitrogens with one attached hydrogen (secondary N) is 1. The normalized spacial score (nSPS) is 11.1.